The zero-order valence-corrected chi connectivity index (χ0v) is 12.0. The van der Waals surface area contributed by atoms with E-state index in [0.717, 1.165) is 10.2 Å². The summed E-state index contributed by atoms with van der Waals surface area (Å²) in [6.07, 6.45) is 0. The number of hydrogen-bond donors (Lipinski definition) is 1. The lowest BCUT2D eigenvalue weighted by Gasteiger charge is -2.16. The zero-order valence-electron chi connectivity index (χ0n) is 9.56. The Morgan fingerprint density at radius 3 is 2.53 bits per heavy atom. The van der Waals surface area contributed by atoms with E-state index in [0.29, 0.717) is 13.2 Å². The lowest BCUT2D eigenvalue weighted by molar-refractivity contribution is -0.128. The second-order valence-electron chi connectivity index (χ2n) is 3.32. The van der Waals surface area contributed by atoms with E-state index in [4.69, 9.17) is 10.5 Å². The molecule has 0 aromatic heterocycles. The first kappa shape index (κ1) is 16.2. The quantitative estimate of drug-likeness (QED) is 0.897. The zero-order chi connectivity index (χ0) is 12.0. The van der Waals surface area contributed by atoms with Crippen LogP contribution in [0.4, 0.5) is 0 Å². The third-order valence-electron chi connectivity index (χ3n) is 2.11. The summed E-state index contributed by atoms with van der Waals surface area (Å²) < 4.78 is 6.48. The van der Waals surface area contributed by atoms with Crippen LogP contribution in [0.1, 0.15) is 0 Å². The summed E-state index contributed by atoms with van der Waals surface area (Å²) in [6, 6.07) is 7.55. The molecule has 1 rings (SSSR count). The molecule has 0 fully saturated rings. The molecule has 1 amide bonds. The number of hydrogen-bond acceptors (Lipinski definition) is 3. The maximum absolute atomic E-state index is 11.1. The predicted octanol–water partition coefficient (Wildman–Crippen LogP) is 1.67. The first-order valence-corrected chi connectivity index (χ1v) is 5.75. The fourth-order valence-electron chi connectivity index (χ4n) is 1.11. The van der Waals surface area contributed by atoms with Crippen molar-refractivity contribution < 1.29 is 9.53 Å². The molecule has 1 aromatic rings. The van der Waals surface area contributed by atoms with Gasteiger partial charge in [0.05, 0.1) is 13.1 Å². The van der Waals surface area contributed by atoms with Gasteiger partial charge in [0.25, 0.3) is 0 Å². The van der Waals surface area contributed by atoms with Gasteiger partial charge in [-0.3, -0.25) is 4.79 Å². The second kappa shape index (κ2) is 8.33. The van der Waals surface area contributed by atoms with Crippen LogP contribution in [0.5, 0.6) is 5.75 Å². The van der Waals surface area contributed by atoms with E-state index in [1.54, 1.807) is 11.9 Å². The minimum Gasteiger partial charge on any atom is -0.492 e. The molecule has 96 valence electrons. The molecule has 0 unspecified atom stereocenters. The lowest BCUT2D eigenvalue weighted by atomic mass is 10.3. The van der Waals surface area contributed by atoms with Crippen molar-refractivity contribution in [2.75, 3.05) is 26.7 Å². The van der Waals surface area contributed by atoms with Crippen molar-refractivity contribution in [2.45, 2.75) is 0 Å². The monoisotopic (exact) mass is 322 g/mol. The summed E-state index contributed by atoms with van der Waals surface area (Å²) in [7, 11) is 1.71. The molecular formula is C11H16BrClN2O2. The van der Waals surface area contributed by atoms with Crippen LogP contribution in [0.25, 0.3) is 0 Å². The average molecular weight is 324 g/mol. The smallest absolute Gasteiger partial charge is 0.236 e. The van der Waals surface area contributed by atoms with Gasteiger partial charge in [0.2, 0.25) is 5.91 Å². The van der Waals surface area contributed by atoms with Crippen molar-refractivity contribution in [3.63, 3.8) is 0 Å². The van der Waals surface area contributed by atoms with Gasteiger partial charge in [-0.15, -0.1) is 12.4 Å². The number of benzene rings is 1. The van der Waals surface area contributed by atoms with Gasteiger partial charge in [0, 0.05) is 11.5 Å². The molecule has 0 atom stereocenters. The number of amides is 1. The normalized spacial score (nSPS) is 9.35. The van der Waals surface area contributed by atoms with Gasteiger partial charge in [0.15, 0.2) is 0 Å². The molecule has 17 heavy (non-hydrogen) atoms. The van der Waals surface area contributed by atoms with Crippen LogP contribution in [0.15, 0.2) is 28.7 Å². The van der Waals surface area contributed by atoms with Crippen molar-refractivity contribution in [2.24, 2.45) is 5.73 Å². The molecule has 6 heteroatoms. The highest BCUT2D eigenvalue weighted by Gasteiger charge is 2.05. The van der Waals surface area contributed by atoms with Crippen LogP contribution < -0.4 is 10.5 Å². The Morgan fingerprint density at radius 2 is 2.00 bits per heavy atom. The summed E-state index contributed by atoms with van der Waals surface area (Å²) in [5.41, 5.74) is 5.24. The summed E-state index contributed by atoms with van der Waals surface area (Å²) in [5, 5.41) is 0. The highest BCUT2D eigenvalue weighted by Crippen LogP contribution is 2.15. The Bertz CT molecular complexity index is 346. The first-order valence-electron chi connectivity index (χ1n) is 4.96. The van der Waals surface area contributed by atoms with Gasteiger partial charge >= 0.3 is 0 Å². The molecule has 0 radical (unpaired) electrons. The molecule has 0 heterocycles. The number of rotatable bonds is 5. The molecule has 2 N–H and O–H groups in total. The van der Waals surface area contributed by atoms with Crippen molar-refractivity contribution in [3.8, 4) is 5.75 Å². The summed E-state index contributed by atoms with van der Waals surface area (Å²) in [6.45, 7) is 1.03. The van der Waals surface area contributed by atoms with E-state index in [9.17, 15) is 4.79 Å². The third kappa shape index (κ3) is 5.91. The molecule has 1 aromatic carbocycles. The molecule has 0 aliphatic carbocycles. The molecule has 0 aliphatic heterocycles. The standard InChI is InChI=1S/C11H15BrN2O2.ClH/c1-14(11(15)8-13)6-7-16-10-4-2-9(12)3-5-10;/h2-5H,6-8,13H2,1H3;1H. The number of nitrogens with zero attached hydrogens (tertiary/aromatic N) is 1. The molecular weight excluding hydrogens is 307 g/mol. The molecule has 0 aliphatic rings. The van der Waals surface area contributed by atoms with Crippen molar-refractivity contribution in [1.29, 1.82) is 0 Å². The number of carbonyl (C=O) groups is 1. The van der Waals surface area contributed by atoms with Crippen LogP contribution in [0, 0.1) is 0 Å². The van der Waals surface area contributed by atoms with E-state index >= 15 is 0 Å². The number of likely N-dealkylation sites (N-methyl/N-ethyl adjacent to an activating group) is 1. The Balaban J connectivity index is 0.00000256. The van der Waals surface area contributed by atoms with Gasteiger partial charge in [-0.05, 0) is 24.3 Å². The number of carbonyl (C=O) groups excluding carboxylic acids is 1. The van der Waals surface area contributed by atoms with E-state index in [1.807, 2.05) is 24.3 Å². The Kier molecular flexibility index (Phi) is 7.95. The lowest BCUT2D eigenvalue weighted by Crippen LogP contribution is -2.35. The highest BCUT2D eigenvalue weighted by atomic mass is 79.9. The van der Waals surface area contributed by atoms with Gasteiger partial charge < -0.3 is 15.4 Å². The maximum atomic E-state index is 11.1. The van der Waals surface area contributed by atoms with Crippen LogP contribution >= 0.6 is 28.3 Å². The predicted molar refractivity (Wildman–Crippen MR) is 73.6 cm³/mol. The Hall–Kier alpha value is -0.780. The highest BCUT2D eigenvalue weighted by molar-refractivity contribution is 9.10. The molecule has 4 nitrogen and oxygen atoms in total. The first-order chi connectivity index (χ1) is 7.63. The van der Waals surface area contributed by atoms with E-state index < -0.39 is 0 Å². The number of halogens is 2. The van der Waals surface area contributed by atoms with Crippen molar-refractivity contribution in [3.05, 3.63) is 28.7 Å². The average Bonchev–Trinajstić information content (AvgIpc) is 2.30. The van der Waals surface area contributed by atoms with Crippen molar-refractivity contribution >= 4 is 34.2 Å². The van der Waals surface area contributed by atoms with Gasteiger partial charge in [-0.25, -0.2) is 0 Å². The summed E-state index contributed by atoms with van der Waals surface area (Å²) in [5.74, 6) is 0.705. The SMILES string of the molecule is CN(CCOc1ccc(Br)cc1)C(=O)CN.Cl. The van der Waals surface area contributed by atoms with Gasteiger partial charge in [0.1, 0.15) is 12.4 Å². The van der Waals surface area contributed by atoms with Gasteiger partial charge in [-0.1, -0.05) is 15.9 Å². The van der Waals surface area contributed by atoms with Crippen LogP contribution in [0.3, 0.4) is 0 Å². The van der Waals surface area contributed by atoms with E-state index in [2.05, 4.69) is 15.9 Å². The number of ether oxygens (including phenoxy) is 1. The summed E-state index contributed by atoms with van der Waals surface area (Å²) >= 11 is 3.34. The van der Waals surface area contributed by atoms with E-state index in [1.165, 1.54) is 0 Å². The summed E-state index contributed by atoms with van der Waals surface area (Å²) in [4.78, 5) is 12.7. The second-order valence-corrected chi connectivity index (χ2v) is 4.24. The molecule has 0 spiro atoms. The molecule has 0 saturated carbocycles. The molecule has 0 bridgehead atoms. The maximum Gasteiger partial charge on any atom is 0.236 e. The largest absolute Gasteiger partial charge is 0.492 e. The fraction of sp³-hybridized carbons (Fsp3) is 0.364. The fourth-order valence-corrected chi connectivity index (χ4v) is 1.38. The minimum atomic E-state index is -0.0839. The minimum absolute atomic E-state index is 0. The Morgan fingerprint density at radius 1 is 1.41 bits per heavy atom. The Labute approximate surface area is 116 Å². The van der Waals surface area contributed by atoms with E-state index in [-0.39, 0.29) is 24.9 Å². The van der Waals surface area contributed by atoms with Gasteiger partial charge in [-0.2, -0.15) is 0 Å². The number of nitrogens with two attached hydrogens (primary N) is 1. The topological polar surface area (TPSA) is 55.6 Å². The molecule has 0 saturated heterocycles. The van der Waals surface area contributed by atoms with Crippen LogP contribution in [-0.4, -0.2) is 37.6 Å². The third-order valence-corrected chi connectivity index (χ3v) is 2.64. The van der Waals surface area contributed by atoms with Crippen LogP contribution in [0.2, 0.25) is 0 Å². The van der Waals surface area contributed by atoms with Crippen molar-refractivity contribution in [1.82, 2.24) is 4.90 Å². The van der Waals surface area contributed by atoms with Crippen LogP contribution in [-0.2, 0) is 4.79 Å².